The van der Waals surface area contributed by atoms with Gasteiger partial charge >= 0.3 is 5.92 Å². The number of rotatable bonds is 5. The van der Waals surface area contributed by atoms with Crippen LogP contribution >= 0.6 is 11.6 Å². The zero-order chi connectivity index (χ0) is 19.1. The first-order valence-electron chi connectivity index (χ1n) is 7.64. The maximum Gasteiger partial charge on any atom is 0.312 e. The van der Waals surface area contributed by atoms with Crippen LogP contribution in [0.3, 0.4) is 0 Å². The van der Waals surface area contributed by atoms with Crippen LogP contribution in [-0.4, -0.2) is 22.9 Å². The van der Waals surface area contributed by atoms with E-state index < -0.39 is 17.5 Å². The molecule has 3 aromatic rings. The van der Waals surface area contributed by atoms with Gasteiger partial charge in [0, 0.05) is 21.5 Å². The van der Waals surface area contributed by atoms with Crippen molar-refractivity contribution in [2.24, 2.45) is 0 Å². The second kappa shape index (κ2) is 6.57. The SMILES string of the molecule is COc1cccc(Cl)c1Cn1nc(C)c2ccc(C(F)(F)C(=O)[O-])cc21. The van der Waals surface area contributed by atoms with Gasteiger partial charge in [-0.25, -0.2) is 0 Å². The monoisotopic (exact) mass is 379 g/mol. The molecule has 0 aliphatic rings. The smallest absolute Gasteiger partial charge is 0.312 e. The van der Waals surface area contributed by atoms with Crippen LogP contribution in [0.25, 0.3) is 10.9 Å². The van der Waals surface area contributed by atoms with Crippen LogP contribution in [0.4, 0.5) is 8.78 Å². The molecule has 1 aromatic heterocycles. The molecule has 0 fully saturated rings. The molecular weight excluding hydrogens is 366 g/mol. The zero-order valence-electron chi connectivity index (χ0n) is 13.9. The van der Waals surface area contributed by atoms with Crippen molar-refractivity contribution >= 4 is 28.5 Å². The second-order valence-corrected chi connectivity index (χ2v) is 6.16. The van der Waals surface area contributed by atoms with E-state index in [0.29, 0.717) is 32.9 Å². The molecule has 0 saturated carbocycles. The summed E-state index contributed by atoms with van der Waals surface area (Å²) in [5, 5.41) is 16.2. The lowest BCUT2D eigenvalue weighted by Crippen LogP contribution is -2.39. The number of fused-ring (bicyclic) bond motifs is 1. The Kier molecular flexibility index (Phi) is 4.58. The zero-order valence-corrected chi connectivity index (χ0v) is 14.7. The summed E-state index contributed by atoms with van der Waals surface area (Å²) in [5.74, 6) is -6.01. The van der Waals surface area contributed by atoms with Crippen molar-refractivity contribution in [2.75, 3.05) is 7.11 Å². The number of hydrogen-bond donors (Lipinski definition) is 0. The van der Waals surface area contributed by atoms with E-state index in [-0.39, 0.29) is 6.54 Å². The number of halogens is 3. The molecule has 0 aliphatic carbocycles. The molecule has 2 aromatic carbocycles. The highest BCUT2D eigenvalue weighted by molar-refractivity contribution is 6.31. The minimum absolute atomic E-state index is 0.174. The lowest BCUT2D eigenvalue weighted by atomic mass is 10.1. The fraction of sp³-hybridized carbons (Fsp3) is 0.222. The van der Waals surface area contributed by atoms with E-state index in [1.54, 1.807) is 25.1 Å². The summed E-state index contributed by atoms with van der Waals surface area (Å²) in [5.41, 5.74) is 0.952. The first-order chi connectivity index (χ1) is 12.3. The Labute approximate surface area is 152 Å². The maximum atomic E-state index is 13.8. The van der Waals surface area contributed by atoms with E-state index in [1.807, 2.05) is 0 Å². The third-order valence-electron chi connectivity index (χ3n) is 4.16. The molecule has 0 atom stereocenters. The van der Waals surface area contributed by atoms with E-state index >= 15 is 0 Å². The number of hydrogen-bond acceptors (Lipinski definition) is 4. The normalized spacial score (nSPS) is 11.7. The van der Waals surface area contributed by atoms with Crippen molar-refractivity contribution in [3.05, 3.63) is 58.2 Å². The van der Waals surface area contributed by atoms with Gasteiger partial charge in [0.25, 0.3) is 0 Å². The highest BCUT2D eigenvalue weighted by atomic mass is 35.5. The molecule has 5 nitrogen and oxygen atoms in total. The topological polar surface area (TPSA) is 67.2 Å². The third kappa shape index (κ3) is 2.99. The standard InChI is InChI=1S/C18H15ClF2N2O3/c1-10-12-7-6-11(18(20,21)17(24)25)8-15(12)23(22-10)9-13-14(19)4-3-5-16(13)26-2/h3-8H,9H2,1-2H3,(H,24,25)/p-1. The minimum Gasteiger partial charge on any atom is -0.544 e. The summed E-state index contributed by atoms with van der Waals surface area (Å²) in [6, 6.07) is 8.74. The molecule has 0 unspecified atom stereocenters. The Morgan fingerprint density at radius 1 is 1.35 bits per heavy atom. The van der Waals surface area contributed by atoms with Crippen molar-refractivity contribution in [2.45, 2.75) is 19.4 Å². The van der Waals surface area contributed by atoms with E-state index in [9.17, 15) is 18.7 Å². The number of methoxy groups -OCH3 is 1. The molecule has 0 N–H and O–H groups in total. The number of carbonyl (C=O) groups excluding carboxylic acids is 1. The molecule has 0 amide bonds. The number of benzene rings is 2. The maximum absolute atomic E-state index is 13.8. The fourth-order valence-electron chi connectivity index (χ4n) is 2.81. The molecule has 0 spiro atoms. The number of carboxylic acid groups (broad SMARTS) is 1. The van der Waals surface area contributed by atoms with E-state index in [4.69, 9.17) is 16.3 Å². The molecule has 0 saturated heterocycles. The Morgan fingerprint density at radius 2 is 2.08 bits per heavy atom. The van der Waals surface area contributed by atoms with Crippen molar-refractivity contribution in [1.82, 2.24) is 9.78 Å². The Bertz CT molecular complexity index is 1000. The van der Waals surface area contributed by atoms with Crippen LogP contribution in [0.5, 0.6) is 5.75 Å². The summed E-state index contributed by atoms with van der Waals surface area (Å²) in [6.07, 6.45) is 0. The van der Waals surface area contributed by atoms with E-state index in [0.717, 1.165) is 12.1 Å². The van der Waals surface area contributed by atoms with Gasteiger partial charge in [-0.05, 0) is 25.1 Å². The van der Waals surface area contributed by atoms with Crippen molar-refractivity contribution in [1.29, 1.82) is 0 Å². The summed E-state index contributed by atoms with van der Waals surface area (Å²) < 4.78 is 34.4. The predicted octanol–water partition coefficient (Wildman–Crippen LogP) is 2.90. The average molecular weight is 380 g/mol. The second-order valence-electron chi connectivity index (χ2n) is 5.76. The average Bonchev–Trinajstić information content (AvgIpc) is 2.92. The van der Waals surface area contributed by atoms with Gasteiger partial charge in [0.2, 0.25) is 0 Å². The summed E-state index contributed by atoms with van der Waals surface area (Å²) in [4.78, 5) is 10.7. The number of nitrogens with zero attached hydrogens (tertiary/aromatic N) is 2. The van der Waals surface area contributed by atoms with Crippen molar-refractivity contribution < 1.29 is 23.4 Å². The van der Waals surface area contributed by atoms with Gasteiger partial charge in [-0.1, -0.05) is 29.8 Å². The highest BCUT2D eigenvalue weighted by Crippen LogP contribution is 2.32. The number of aromatic nitrogens is 2. The van der Waals surface area contributed by atoms with Crippen molar-refractivity contribution in [3.63, 3.8) is 0 Å². The van der Waals surface area contributed by atoms with Gasteiger partial charge in [0.1, 0.15) is 11.7 Å². The third-order valence-corrected chi connectivity index (χ3v) is 4.51. The van der Waals surface area contributed by atoms with E-state index in [1.165, 1.54) is 17.9 Å². The molecule has 3 rings (SSSR count). The van der Waals surface area contributed by atoms with Gasteiger partial charge in [-0.15, -0.1) is 0 Å². The number of alkyl halides is 2. The number of aryl methyl sites for hydroxylation is 1. The molecule has 26 heavy (non-hydrogen) atoms. The molecule has 136 valence electrons. The molecule has 0 bridgehead atoms. The molecule has 0 aliphatic heterocycles. The van der Waals surface area contributed by atoms with Gasteiger partial charge in [0.05, 0.1) is 24.9 Å². The molecule has 8 heteroatoms. The van der Waals surface area contributed by atoms with Crippen LogP contribution in [0.15, 0.2) is 36.4 Å². The van der Waals surface area contributed by atoms with Crippen LogP contribution in [0, 0.1) is 6.92 Å². The number of carboxylic acids is 1. The predicted molar refractivity (Wildman–Crippen MR) is 90.5 cm³/mol. The highest BCUT2D eigenvalue weighted by Gasteiger charge is 2.34. The van der Waals surface area contributed by atoms with Gasteiger partial charge in [0.15, 0.2) is 0 Å². The van der Waals surface area contributed by atoms with Crippen LogP contribution in [0.1, 0.15) is 16.8 Å². The van der Waals surface area contributed by atoms with E-state index in [2.05, 4.69) is 5.10 Å². The van der Waals surface area contributed by atoms with Gasteiger partial charge in [-0.3, -0.25) is 4.68 Å². The Balaban J connectivity index is 2.14. The minimum atomic E-state index is -4.10. The van der Waals surface area contributed by atoms with Crippen LogP contribution < -0.4 is 9.84 Å². The fourth-order valence-corrected chi connectivity index (χ4v) is 3.03. The summed E-state index contributed by atoms with van der Waals surface area (Å²) in [7, 11) is 1.50. The number of ether oxygens (including phenoxy) is 1. The largest absolute Gasteiger partial charge is 0.544 e. The van der Waals surface area contributed by atoms with Crippen LogP contribution in [-0.2, 0) is 17.3 Å². The first-order valence-corrected chi connectivity index (χ1v) is 8.01. The lowest BCUT2D eigenvalue weighted by molar-refractivity contribution is -0.331. The molecular formula is C18H14ClF2N2O3-. The number of carbonyl (C=O) groups is 1. The molecule has 0 radical (unpaired) electrons. The molecule has 1 heterocycles. The van der Waals surface area contributed by atoms with Gasteiger partial charge in [-0.2, -0.15) is 13.9 Å². The lowest BCUT2D eigenvalue weighted by Gasteiger charge is -2.18. The summed E-state index contributed by atoms with van der Waals surface area (Å²) >= 11 is 6.23. The number of aliphatic carboxylic acids is 1. The Hall–Kier alpha value is -2.67. The van der Waals surface area contributed by atoms with Crippen LogP contribution in [0.2, 0.25) is 5.02 Å². The Morgan fingerprint density at radius 3 is 2.73 bits per heavy atom. The summed E-state index contributed by atoms with van der Waals surface area (Å²) in [6.45, 7) is 1.91. The van der Waals surface area contributed by atoms with Crippen molar-refractivity contribution in [3.8, 4) is 5.75 Å². The quantitative estimate of drug-likeness (QED) is 0.683. The first kappa shape index (κ1) is 18.1. The van der Waals surface area contributed by atoms with Gasteiger partial charge < -0.3 is 14.6 Å².